The maximum Gasteiger partial charge on any atom is 0.193 e. The molecule has 0 aliphatic heterocycles. The number of hydrogen-bond acceptors (Lipinski definition) is 3. The number of aliphatic imine (C=N–C) groups is 1. The fourth-order valence-corrected chi connectivity index (χ4v) is 2.02. The first-order valence-electron chi connectivity index (χ1n) is 7.20. The summed E-state index contributed by atoms with van der Waals surface area (Å²) in [5.41, 5.74) is 6.70. The lowest BCUT2D eigenvalue weighted by molar-refractivity contribution is 0.230. The lowest BCUT2D eigenvalue weighted by Gasteiger charge is -2.13. The van der Waals surface area contributed by atoms with Crippen molar-refractivity contribution in [3.8, 4) is 11.5 Å². The minimum absolute atomic E-state index is 0. The van der Waals surface area contributed by atoms with Crippen molar-refractivity contribution < 1.29 is 9.47 Å². The number of hydrogen-bond donors (Lipinski definition) is 2. The Bertz CT molecular complexity index is 665. The SMILES string of the molecule is COc1cccc(NC(N)=NCC(C)Oc2ccc(Cl)cc2)c1.I. The first-order chi connectivity index (χ1) is 11.1. The van der Waals surface area contributed by atoms with Crippen molar-refractivity contribution in [2.75, 3.05) is 19.0 Å². The Balaban J connectivity index is 0.00000288. The van der Waals surface area contributed by atoms with Gasteiger partial charge in [-0.25, -0.2) is 4.99 Å². The van der Waals surface area contributed by atoms with Crippen LogP contribution in [0.5, 0.6) is 11.5 Å². The second-order valence-corrected chi connectivity index (χ2v) is 5.40. The third-order valence-corrected chi connectivity index (χ3v) is 3.26. The van der Waals surface area contributed by atoms with Crippen LogP contribution in [-0.4, -0.2) is 25.7 Å². The Kier molecular flexibility index (Phi) is 8.70. The number of anilines is 1. The molecule has 0 bridgehead atoms. The van der Waals surface area contributed by atoms with E-state index in [4.69, 9.17) is 26.8 Å². The van der Waals surface area contributed by atoms with Crippen molar-refractivity contribution in [2.45, 2.75) is 13.0 Å². The van der Waals surface area contributed by atoms with E-state index in [0.717, 1.165) is 17.2 Å². The summed E-state index contributed by atoms with van der Waals surface area (Å²) in [6, 6.07) is 14.7. The van der Waals surface area contributed by atoms with Crippen LogP contribution in [0.3, 0.4) is 0 Å². The lowest BCUT2D eigenvalue weighted by atomic mass is 10.3. The number of nitrogens with one attached hydrogen (secondary N) is 1. The molecule has 3 N–H and O–H groups in total. The molecule has 2 rings (SSSR count). The fourth-order valence-electron chi connectivity index (χ4n) is 1.90. The molecule has 0 heterocycles. The zero-order valence-corrected chi connectivity index (χ0v) is 16.6. The van der Waals surface area contributed by atoms with E-state index >= 15 is 0 Å². The van der Waals surface area contributed by atoms with Crippen LogP contribution in [0.25, 0.3) is 0 Å². The highest BCUT2D eigenvalue weighted by molar-refractivity contribution is 14.0. The minimum Gasteiger partial charge on any atom is -0.497 e. The molecule has 5 nitrogen and oxygen atoms in total. The number of nitrogens with zero attached hydrogens (tertiary/aromatic N) is 1. The van der Waals surface area contributed by atoms with Crippen LogP contribution in [-0.2, 0) is 0 Å². The standard InChI is InChI=1S/C17H20ClN3O2.HI/c1-12(23-15-8-6-13(18)7-9-15)11-20-17(19)21-14-4-3-5-16(10-14)22-2;/h3-10,12H,11H2,1-2H3,(H3,19,20,21);1H. The topological polar surface area (TPSA) is 68.9 Å². The predicted molar refractivity (Wildman–Crippen MR) is 110 cm³/mol. The molecule has 24 heavy (non-hydrogen) atoms. The average Bonchev–Trinajstić information content (AvgIpc) is 2.55. The third-order valence-electron chi connectivity index (χ3n) is 3.01. The number of guanidine groups is 1. The molecule has 0 saturated heterocycles. The summed E-state index contributed by atoms with van der Waals surface area (Å²) in [5, 5.41) is 3.69. The predicted octanol–water partition coefficient (Wildman–Crippen LogP) is 4.16. The highest BCUT2D eigenvalue weighted by Crippen LogP contribution is 2.17. The van der Waals surface area contributed by atoms with Crippen molar-refractivity contribution in [1.29, 1.82) is 0 Å². The van der Waals surface area contributed by atoms with E-state index in [2.05, 4.69) is 10.3 Å². The van der Waals surface area contributed by atoms with E-state index in [1.165, 1.54) is 0 Å². The minimum atomic E-state index is -0.109. The molecule has 0 saturated carbocycles. The van der Waals surface area contributed by atoms with Crippen molar-refractivity contribution in [3.63, 3.8) is 0 Å². The Morgan fingerprint density at radius 3 is 2.58 bits per heavy atom. The lowest BCUT2D eigenvalue weighted by Crippen LogP contribution is -2.25. The van der Waals surface area contributed by atoms with Crippen LogP contribution < -0.4 is 20.5 Å². The van der Waals surface area contributed by atoms with Gasteiger partial charge in [-0.05, 0) is 43.3 Å². The second kappa shape index (κ2) is 10.2. The summed E-state index contributed by atoms with van der Waals surface area (Å²) in [7, 11) is 1.62. The number of nitrogens with two attached hydrogens (primary N) is 1. The summed E-state index contributed by atoms with van der Waals surface area (Å²) in [6.45, 7) is 2.36. The van der Waals surface area contributed by atoms with Gasteiger partial charge in [-0.2, -0.15) is 0 Å². The van der Waals surface area contributed by atoms with Crippen molar-refractivity contribution >= 4 is 47.2 Å². The second-order valence-electron chi connectivity index (χ2n) is 4.97. The molecule has 2 aromatic rings. The first kappa shape index (κ1) is 20.4. The molecule has 7 heteroatoms. The number of ether oxygens (including phenoxy) is 2. The first-order valence-corrected chi connectivity index (χ1v) is 7.58. The molecular weight excluding hydrogens is 441 g/mol. The van der Waals surface area contributed by atoms with Gasteiger partial charge in [-0.15, -0.1) is 24.0 Å². The van der Waals surface area contributed by atoms with Gasteiger partial charge >= 0.3 is 0 Å². The normalized spacial score (nSPS) is 12.0. The van der Waals surface area contributed by atoms with E-state index in [-0.39, 0.29) is 30.1 Å². The zero-order valence-electron chi connectivity index (χ0n) is 13.5. The van der Waals surface area contributed by atoms with E-state index in [0.29, 0.717) is 17.5 Å². The number of methoxy groups -OCH3 is 1. The van der Waals surface area contributed by atoms with Gasteiger partial charge in [-0.3, -0.25) is 0 Å². The highest BCUT2D eigenvalue weighted by atomic mass is 127. The van der Waals surface area contributed by atoms with Gasteiger partial charge in [0.05, 0.1) is 13.7 Å². The molecule has 1 atom stereocenters. The van der Waals surface area contributed by atoms with Crippen LogP contribution in [0.4, 0.5) is 5.69 Å². The van der Waals surface area contributed by atoms with Crippen LogP contribution in [0, 0.1) is 0 Å². The van der Waals surface area contributed by atoms with Crippen molar-refractivity contribution in [2.24, 2.45) is 10.7 Å². The van der Waals surface area contributed by atoms with Gasteiger partial charge in [-0.1, -0.05) is 17.7 Å². The van der Waals surface area contributed by atoms with Crippen LogP contribution in [0.1, 0.15) is 6.92 Å². The van der Waals surface area contributed by atoms with E-state index in [1.54, 1.807) is 19.2 Å². The quantitative estimate of drug-likeness (QED) is 0.385. The molecule has 2 aromatic carbocycles. The monoisotopic (exact) mass is 461 g/mol. The average molecular weight is 462 g/mol. The van der Waals surface area contributed by atoms with Gasteiger partial charge in [0.1, 0.15) is 17.6 Å². The van der Waals surface area contributed by atoms with E-state index in [1.807, 2.05) is 43.3 Å². The molecule has 0 aliphatic rings. The van der Waals surface area contributed by atoms with Crippen LogP contribution in [0.15, 0.2) is 53.5 Å². The third kappa shape index (κ3) is 6.84. The summed E-state index contributed by atoms with van der Waals surface area (Å²) >= 11 is 5.84. The fraction of sp³-hybridized carbons (Fsp3) is 0.235. The van der Waals surface area contributed by atoms with Crippen molar-refractivity contribution in [1.82, 2.24) is 0 Å². The molecule has 1 unspecified atom stereocenters. The zero-order chi connectivity index (χ0) is 16.7. The maximum absolute atomic E-state index is 5.88. The molecule has 0 aliphatic carbocycles. The number of rotatable bonds is 6. The Morgan fingerprint density at radius 1 is 1.21 bits per heavy atom. The Morgan fingerprint density at radius 2 is 1.92 bits per heavy atom. The molecular formula is C17H21ClIN3O2. The molecule has 0 radical (unpaired) electrons. The van der Waals surface area contributed by atoms with E-state index < -0.39 is 0 Å². The molecule has 0 amide bonds. The summed E-state index contributed by atoms with van der Waals surface area (Å²) in [5.74, 6) is 1.82. The van der Waals surface area contributed by atoms with Gasteiger partial charge in [0.15, 0.2) is 5.96 Å². The smallest absolute Gasteiger partial charge is 0.193 e. The largest absolute Gasteiger partial charge is 0.497 e. The molecule has 0 aromatic heterocycles. The van der Waals surface area contributed by atoms with Crippen LogP contribution >= 0.6 is 35.6 Å². The summed E-state index contributed by atoms with van der Waals surface area (Å²) < 4.78 is 10.9. The van der Waals surface area contributed by atoms with Crippen molar-refractivity contribution in [3.05, 3.63) is 53.6 Å². The van der Waals surface area contributed by atoms with Crippen LogP contribution in [0.2, 0.25) is 5.02 Å². The van der Waals surface area contributed by atoms with Gasteiger partial charge in [0.2, 0.25) is 0 Å². The van der Waals surface area contributed by atoms with Gasteiger partial charge in [0, 0.05) is 16.8 Å². The Labute approximate surface area is 164 Å². The number of benzene rings is 2. The highest BCUT2D eigenvalue weighted by Gasteiger charge is 2.04. The number of halogens is 2. The van der Waals surface area contributed by atoms with Gasteiger partial charge in [0.25, 0.3) is 0 Å². The summed E-state index contributed by atoms with van der Waals surface area (Å²) in [6.07, 6.45) is -0.109. The molecule has 0 fully saturated rings. The van der Waals surface area contributed by atoms with E-state index in [9.17, 15) is 0 Å². The Hall–Kier alpha value is -1.67. The van der Waals surface area contributed by atoms with Gasteiger partial charge < -0.3 is 20.5 Å². The summed E-state index contributed by atoms with van der Waals surface area (Å²) in [4.78, 5) is 4.28. The molecule has 130 valence electrons. The molecule has 0 spiro atoms. The maximum atomic E-state index is 5.88.